The van der Waals surface area contributed by atoms with Gasteiger partial charge in [-0.15, -0.1) is 13.2 Å². The smallest absolute Gasteiger partial charge is 0.406 e. The number of alkyl halides is 3. The van der Waals surface area contributed by atoms with Crippen LogP contribution in [0.15, 0.2) is 60.9 Å². The van der Waals surface area contributed by atoms with Crippen molar-refractivity contribution in [2.45, 2.75) is 32.9 Å². The normalized spacial score (nSPS) is 13.3. The molecule has 5 nitrogen and oxygen atoms in total. The summed E-state index contributed by atoms with van der Waals surface area (Å²) >= 11 is 0. The first-order valence-corrected chi connectivity index (χ1v) is 10.1. The quantitative estimate of drug-likeness (QED) is 0.535. The maximum absolute atomic E-state index is 13.0. The van der Waals surface area contributed by atoms with E-state index in [9.17, 15) is 18.0 Å². The van der Waals surface area contributed by atoms with Gasteiger partial charge in [0.2, 0.25) is 0 Å². The topological polar surface area (TPSA) is 45.7 Å². The molecule has 0 bridgehead atoms. The molecule has 1 amide bonds. The first kappa shape index (κ1) is 21.7. The van der Waals surface area contributed by atoms with Gasteiger partial charge in [0, 0.05) is 50.3 Å². The third-order valence-corrected chi connectivity index (χ3v) is 5.38. The molecule has 0 saturated heterocycles. The van der Waals surface area contributed by atoms with Gasteiger partial charge < -0.3 is 14.5 Å². The lowest BCUT2D eigenvalue weighted by Crippen LogP contribution is -2.23. The van der Waals surface area contributed by atoms with Crippen molar-refractivity contribution in [3.63, 3.8) is 0 Å². The minimum absolute atomic E-state index is 0.0745. The number of rotatable bonds is 6. The van der Waals surface area contributed by atoms with Gasteiger partial charge in [0.15, 0.2) is 0 Å². The molecule has 0 atom stereocenters. The maximum Gasteiger partial charge on any atom is 0.573 e. The van der Waals surface area contributed by atoms with E-state index < -0.39 is 6.36 Å². The predicted octanol–water partition coefficient (Wildman–Crippen LogP) is 5.08. The van der Waals surface area contributed by atoms with Crippen LogP contribution in [0.3, 0.4) is 0 Å². The summed E-state index contributed by atoms with van der Waals surface area (Å²) in [6.07, 6.45) is -1.17. The molecule has 32 heavy (non-hydrogen) atoms. The minimum Gasteiger partial charge on any atom is -0.406 e. The van der Waals surface area contributed by atoms with Crippen LogP contribution in [0.25, 0.3) is 0 Å². The van der Waals surface area contributed by atoms with Gasteiger partial charge in [-0.3, -0.25) is 9.78 Å². The molecule has 1 aromatic heterocycles. The summed E-state index contributed by atoms with van der Waals surface area (Å²) in [6, 6.07) is 13.5. The number of benzene rings is 2. The molecule has 4 rings (SSSR count). The highest BCUT2D eigenvalue weighted by atomic mass is 19.4. The zero-order chi connectivity index (χ0) is 22.9. The third kappa shape index (κ3) is 4.85. The molecule has 0 unspecified atom stereocenters. The van der Waals surface area contributed by atoms with Crippen LogP contribution in [-0.4, -0.2) is 29.2 Å². The van der Waals surface area contributed by atoms with Crippen molar-refractivity contribution in [2.75, 3.05) is 11.9 Å². The maximum atomic E-state index is 13.0. The van der Waals surface area contributed by atoms with Crippen LogP contribution in [-0.2, 0) is 19.6 Å². The van der Waals surface area contributed by atoms with Crippen molar-refractivity contribution in [3.8, 4) is 5.75 Å². The van der Waals surface area contributed by atoms with E-state index in [-0.39, 0.29) is 11.7 Å². The number of ether oxygens (including phenoxy) is 1. The second-order valence-electron chi connectivity index (χ2n) is 7.87. The number of hydrogen-bond acceptors (Lipinski definition) is 4. The monoisotopic (exact) mass is 441 g/mol. The lowest BCUT2D eigenvalue weighted by molar-refractivity contribution is -0.274. The van der Waals surface area contributed by atoms with E-state index in [1.165, 1.54) is 24.3 Å². The van der Waals surface area contributed by atoms with Crippen LogP contribution in [0, 0.1) is 6.92 Å². The molecule has 0 spiro atoms. The van der Waals surface area contributed by atoms with E-state index >= 15 is 0 Å². The van der Waals surface area contributed by atoms with Gasteiger partial charge >= 0.3 is 6.36 Å². The van der Waals surface area contributed by atoms with Crippen LogP contribution in [0.5, 0.6) is 5.75 Å². The Morgan fingerprint density at radius 1 is 1.12 bits per heavy atom. The second kappa shape index (κ2) is 8.53. The van der Waals surface area contributed by atoms with Gasteiger partial charge in [0.1, 0.15) is 5.75 Å². The molecule has 0 N–H and O–H groups in total. The molecular formula is C24H22F3N3O2. The summed E-state index contributed by atoms with van der Waals surface area (Å²) in [6.45, 7) is 3.37. The van der Waals surface area contributed by atoms with E-state index in [0.29, 0.717) is 25.2 Å². The molecule has 1 aliphatic heterocycles. The van der Waals surface area contributed by atoms with Crippen molar-refractivity contribution < 1.29 is 22.7 Å². The predicted molar refractivity (Wildman–Crippen MR) is 114 cm³/mol. The number of aryl methyl sites for hydroxylation is 1. The lowest BCUT2D eigenvalue weighted by atomic mass is 10.0. The summed E-state index contributed by atoms with van der Waals surface area (Å²) in [5.74, 6) is -0.357. The number of aromatic nitrogens is 1. The number of carbonyl (C=O) groups excluding carboxylic acids is 1. The SMILES string of the molecule is Cc1cc(N(C)Cc2cccnc2)cc2c1C(=O)N(Cc1ccc(OC(F)(F)F)cc1)C2. The molecule has 0 fully saturated rings. The average Bonchev–Trinajstić information content (AvgIpc) is 3.05. The van der Waals surface area contributed by atoms with E-state index in [4.69, 9.17) is 0 Å². The Bertz CT molecular complexity index is 1120. The number of nitrogens with zero attached hydrogens (tertiary/aromatic N) is 3. The molecular weight excluding hydrogens is 419 g/mol. The van der Waals surface area contributed by atoms with Crippen LogP contribution in [0.2, 0.25) is 0 Å². The fourth-order valence-corrected chi connectivity index (χ4v) is 3.93. The molecule has 166 valence electrons. The first-order valence-electron chi connectivity index (χ1n) is 10.1. The summed E-state index contributed by atoms with van der Waals surface area (Å²) in [7, 11) is 1.99. The van der Waals surface area contributed by atoms with Crippen LogP contribution < -0.4 is 9.64 Å². The highest BCUT2D eigenvalue weighted by molar-refractivity contribution is 6.00. The van der Waals surface area contributed by atoms with Gasteiger partial charge in [-0.05, 0) is 59.5 Å². The van der Waals surface area contributed by atoms with E-state index in [1.54, 1.807) is 11.1 Å². The largest absolute Gasteiger partial charge is 0.573 e. The Hall–Kier alpha value is -3.55. The number of pyridine rings is 1. The van der Waals surface area contributed by atoms with Gasteiger partial charge in [-0.25, -0.2) is 0 Å². The summed E-state index contributed by atoms with van der Waals surface area (Å²) < 4.78 is 40.9. The lowest BCUT2D eigenvalue weighted by Gasteiger charge is -2.21. The molecule has 3 aromatic rings. The Labute approximate surface area is 184 Å². The van der Waals surface area contributed by atoms with Crippen molar-refractivity contribution in [1.29, 1.82) is 0 Å². The van der Waals surface area contributed by atoms with Gasteiger partial charge in [-0.2, -0.15) is 0 Å². The third-order valence-electron chi connectivity index (χ3n) is 5.38. The Morgan fingerprint density at radius 2 is 1.88 bits per heavy atom. The molecule has 2 heterocycles. The summed E-state index contributed by atoms with van der Waals surface area (Å²) in [5, 5.41) is 0. The number of carbonyl (C=O) groups is 1. The Balaban J connectivity index is 1.48. The Kier molecular flexibility index (Phi) is 5.78. The van der Waals surface area contributed by atoms with Crippen molar-refractivity contribution in [3.05, 3.63) is 88.7 Å². The number of halogens is 3. The van der Waals surface area contributed by atoms with Crippen LogP contribution in [0.4, 0.5) is 18.9 Å². The van der Waals surface area contributed by atoms with E-state index in [2.05, 4.69) is 14.6 Å². The second-order valence-corrected chi connectivity index (χ2v) is 7.87. The molecule has 2 aromatic carbocycles. The Morgan fingerprint density at radius 3 is 2.53 bits per heavy atom. The minimum atomic E-state index is -4.73. The summed E-state index contributed by atoms with van der Waals surface area (Å²) in [5.41, 5.74) is 5.36. The highest BCUT2D eigenvalue weighted by Gasteiger charge is 2.32. The van der Waals surface area contributed by atoms with Gasteiger partial charge in [0.05, 0.1) is 0 Å². The average molecular weight is 441 g/mol. The molecule has 0 saturated carbocycles. The fourth-order valence-electron chi connectivity index (χ4n) is 3.93. The zero-order valence-electron chi connectivity index (χ0n) is 17.7. The van der Waals surface area contributed by atoms with Gasteiger partial charge in [0.25, 0.3) is 5.91 Å². The zero-order valence-corrected chi connectivity index (χ0v) is 17.7. The van der Waals surface area contributed by atoms with Crippen molar-refractivity contribution in [1.82, 2.24) is 9.88 Å². The number of fused-ring (bicyclic) bond motifs is 1. The number of anilines is 1. The van der Waals surface area contributed by atoms with Crippen LogP contribution >= 0.6 is 0 Å². The summed E-state index contributed by atoms with van der Waals surface area (Å²) in [4.78, 5) is 20.9. The molecule has 0 radical (unpaired) electrons. The first-order chi connectivity index (χ1) is 15.2. The van der Waals surface area contributed by atoms with E-state index in [1.807, 2.05) is 44.4 Å². The number of hydrogen-bond donors (Lipinski definition) is 0. The van der Waals surface area contributed by atoms with Gasteiger partial charge in [-0.1, -0.05) is 18.2 Å². The van der Waals surface area contributed by atoms with Crippen molar-refractivity contribution >= 4 is 11.6 Å². The van der Waals surface area contributed by atoms with E-state index in [0.717, 1.165) is 27.9 Å². The standard InChI is InChI=1S/C24H22F3N3O2/c1-16-10-20(29(2)13-18-4-3-9-28-12-18)11-19-15-30(23(31)22(16)19)14-17-5-7-21(8-6-17)32-24(25,26)27/h3-12H,13-15H2,1-2H3. The van der Waals surface area contributed by atoms with Crippen molar-refractivity contribution in [2.24, 2.45) is 0 Å². The number of amides is 1. The molecule has 0 aliphatic carbocycles. The van der Waals surface area contributed by atoms with Crippen LogP contribution in [0.1, 0.15) is 32.6 Å². The molecule has 8 heteroatoms. The fraction of sp³-hybridized carbons (Fsp3) is 0.250. The highest BCUT2D eigenvalue weighted by Crippen LogP contribution is 2.32. The molecule has 1 aliphatic rings.